The molecule has 8 heteroatoms. The highest BCUT2D eigenvalue weighted by atomic mass is 16.5. The third kappa shape index (κ3) is 2.93. The quantitative estimate of drug-likeness (QED) is 0.787. The molecule has 1 aromatic heterocycles. The summed E-state index contributed by atoms with van der Waals surface area (Å²) >= 11 is 0. The highest BCUT2D eigenvalue weighted by Gasteiger charge is 2.33. The number of methoxy groups -OCH3 is 2. The summed E-state index contributed by atoms with van der Waals surface area (Å²) in [5.41, 5.74) is 1.09. The number of imidazole rings is 1. The first-order chi connectivity index (χ1) is 12.5. The minimum Gasteiger partial charge on any atom is -0.493 e. The van der Waals surface area contributed by atoms with Crippen molar-refractivity contribution in [3.63, 3.8) is 0 Å². The highest BCUT2D eigenvalue weighted by Crippen LogP contribution is 2.27. The molecular weight excluding hydrogens is 336 g/mol. The number of aliphatic hydroxyl groups excluding tert-OH is 1. The van der Waals surface area contributed by atoms with Gasteiger partial charge in [-0.3, -0.25) is 4.79 Å². The number of nitrogens with one attached hydrogen (secondary N) is 1. The number of hydrogen-bond acceptors (Lipinski definition) is 6. The van der Waals surface area contributed by atoms with Crippen molar-refractivity contribution in [1.29, 1.82) is 0 Å². The number of carbonyl (C=O) groups is 1. The molecule has 0 bridgehead atoms. The Morgan fingerprint density at radius 1 is 1.27 bits per heavy atom. The van der Waals surface area contributed by atoms with Crippen LogP contribution in [0.3, 0.4) is 0 Å². The number of ether oxygens (including phenoxy) is 2. The molecule has 2 heterocycles. The monoisotopic (exact) mass is 356 g/mol. The molecule has 0 saturated heterocycles. The molecule has 1 atom stereocenters. The van der Waals surface area contributed by atoms with Crippen molar-refractivity contribution in [2.24, 2.45) is 7.05 Å². The first-order valence-electron chi connectivity index (χ1n) is 8.06. The molecule has 2 aromatic rings. The van der Waals surface area contributed by atoms with Gasteiger partial charge in [0.25, 0.3) is 5.91 Å². The Hall–Kier alpha value is -3.18. The number of amides is 1. The van der Waals surface area contributed by atoms with Crippen LogP contribution in [0, 0.1) is 11.8 Å². The van der Waals surface area contributed by atoms with E-state index in [-0.39, 0.29) is 5.91 Å². The van der Waals surface area contributed by atoms with E-state index < -0.39 is 6.35 Å². The normalized spacial score (nSPS) is 15.7. The van der Waals surface area contributed by atoms with Gasteiger partial charge in [-0.15, -0.1) is 0 Å². The molecular formula is C18H20N4O4. The van der Waals surface area contributed by atoms with E-state index in [1.807, 2.05) is 13.0 Å². The van der Waals surface area contributed by atoms with Crippen LogP contribution in [0.1, 0.15) is 28.8 Å². The fourth-order valence-electron chi connectivity index (χ4n) is 2.79. The molecule has 0 saturated carbocycles. The number of anilines is 1. The van der Waals surface area contributed by atoms with Crippen LogP contribution in [-0.4, -0.2) is 47.7 Å². The Morgan fingerprint density at radius 3 is 2.65 bits per heavy atom. The van der Waals surface area contributed by atoms with E-state index in [9.17, 15) is 9.90 Å². The molecule has 136 valence electrons. The van der Waals surface area contributed by atoms with Gasteiger partial charge < -0.3 is 29.4 Å². The van der Waals surface area contributed by atoms with Crippen molar-refractivity contribution < 1.29 is 19.4 Å². The molecule has 26 heavy (non-hydrogen) atoms. The fourth-order valence-corrected chi connectivity index (χ4v) is 2.79. The number of aromatic nitrogens is 2. The molecule has 0 fully saturated rings. The summed E-state index contributed by atoms with van der Waals surface area (Å²) in [5.74, 6) is 7.65. The van der Waals surface area contributed by atoms with Crippen molar-refractivity contribution in [3.8, 4) is 23.3 Å². The molecule has 1 amide bonds. The minimum absolute atomic E-state index is 0.369. The van der Waals surface area contributed by atoms with Gasteiger partial charge in [-0.2, -0.15) is 0 Å². The molecule has 1 unspecified atom stereocenters. The predicted octanol–water partition coefficient (Wildman–Crippen LogP) is 0.683. The first-order valence-corrected chi connectivity index (χ1v) is 8.06. The van der Waals surface area contributed by atoms with Gasteiger partial charge in [0.05, 0.1) is 14.2 Å². The lowest BCUT2D eigenvalue weighted by Gasteiger charge is -2.31. The minimum atomic E-state index is -1.10. The first kappa shape index (κ1) is 17.6. The number of carbonyl (C=O) groups excluding carboxylic acids is 1. The van der Waals surface area contributed by atoms with E-state index in [0.717, 1.165) is 5.56 Å². The zero-order chi connectivity index (χ0) is 18.8. The van der Waals surface area contributed by atoms with Gasteiger partial charge in [-0.05, 0) is 31.0 Å². The zero-order valence-corrected chi connectivity index (χ0v) is 15.0. The third-order valence-corrected chi connectivity index (χ3v) is 4.16. The Kier molecular flexibility index (Phi) is 4.73. The van der Waals surface area contributed by atoms with E-state index in [0.29, 0.717) is 35.4 Å². The van der Waals surface area contributed by atoms with E-state index in [4.69, 9.17) is 9.47 Å². The van der Waals surface area contributed by atoms with Gasteiger partial charge in [-0.1, -0.05) is 5.92 Å². The van der Waals surface area contributed by atoms with Crippen molar-refractivity contribution in [2.45, 2.75) is 13.3 Å². The van der Waals surface area contributed by atoms with Crippen molar-refractivity contribution in [2.75, 3.05) is 25.7 Å². The Balaban J connectivity index is 2.00. The Labute approximate surface area is 151 Å². The molecule has 0 aliphatic carbocycles. The lowest BCUT2D eigenvalue weighted by Crippen LogP contribution is -2.53. The van der Waals surface area contributed by atoms with Crippen molar-refractivity contribution >= 4 is 11.7 Å². The van der Waals surface area contributed by atoms with Crippen LogP contribution in [0.25, 0.3) is 0 Å². The average Bonchev–Trinajstić information content (AvgIpc) is 2.96. The fraction of sp³-hybridized carbons (Fsp3) is 0.333. The molecule has 1 aliphatic rings. The lowest BCUT2D eigenvalue weighted by molar-refractivity contribution is 0.0736. The van der Waals surface area contributed by atoms with E-state index in [1.165, 1.54) is 0 Å². The summed E-state index contributed by atoms with van der Waals surface area (Å²) in [5, 5.41) is 12.5. The van der Waals surface area contributed by atoms with Gasteiger partial charge in [0.15, 0.2) is 28.8 Å². The maximum Gasteiger partial charge on any atom is 0.275 e. The van der Waals surface area contributed by atoms with Gasteiger partial charge in [-0.25, -0.2) is 4.98 Å². The number of rotatable bonds is 3. The Bertz CT molecular complexity index is 910. The molecule has 3 rings (SSSR count). The number of benzene rings is 1. The SMILES string of the molecule is CCN1c2nc(C#Cc3ccc(OC)c(OC)c3)n(C)c2C(=O)NC1O. The summed E-state index contributed by atoms with van der Waals surface area (Å²) in [6.07, 6.45) is -1.10. The summed E-state index contributed by atoms with van der Waals surface area (Å²) in [6.45, 7) is 2.36. The molecule has 8 nitrogen and oxygen atoms in total. The molecule has 0 spiro atoms. The molecule has 1 aliphatic heterocycles. The average molecular weight is 356 g/mol. The van der Waals surface area contributed by atoms with E-state index >= 15 is 0 Å². The second kappa shape index (κ2) is 6.98. The van der Waals surface area contributed by atoms with Gasteiger partial charge in [0.2, 0.25) is 6.35 Å². The second-order valence-corrected chi connectivity index (χ2v) is 5.62. The number of aliphatic hydroxyl groups is 1. The van der Waals surface area contributed by atoms with E-state index in [1.54, 1.807) is 42.9 Å². The summed E-state index contributed by atoms with van der Waals surface area (Å²) in [4.78, 5) is 18.2. The summed E-state index contributed by atoms with van der Waals surface area (Å²) < 4.78 is 12.1. The largest absolute Gasteiger partial charge is 0.493 e. The maximum absolute atomic E-state index is 12.2. The maximum atomic E-state index is 12.2. The number of fused-ring (bicyclic) bond motifs is 1. The predicted molar refractivity (Wildman–Crippen MR) is 95.2 cm³/mol. The summed E-state index contributed by atoms with van der Waals surface area (Å²) in [7, 11) is 4.85. The smallest absolute Gasteiger partial charge is 0.275 e. The second-order valence-electron chi connectivity index (χ2n) is 5.62. The van der Waals surface area contributed by atoms with Crippen LogP contribution in [0.4, 0.5) is 5.82 Å². The van der Waals surface area contributed by atoms with Gasteiger partial charge in [0.1, 0.15) is 0 Å². The van der Waals surface area contributed by atoms with Crippen LogP contribution in [0.5, 0.6) is 11.5 Å². The van der Waals surface area contributed by atoms with E-state index in [2.05, 4.69) is 22.1 Å². The number of hydrogen-bond donors (Lipinski definition) is 2. The summed E-state index contributed by atoms with van der Waals surface area (Å²) in [6, 6.07) is 5.35. The number of nitrogens with zero attached hydrogens (tertiary/aromatic N) is 3. The van der Waals surface area contributed by atoms with Crippen LogP contribution in [0.2, 0.25) is 0 Å². The Morgan fingerprint density at radius 2 is 2.00 bits per heavy atom. The van der Waals surface area contributed by atoms with Crippen LogP contribution in [0.15, 0.2) is 18.2 Å². The van der Waals surface area contributed by atoms with Gasteiger partial charge in [0, 0.05) is 19.2 Å². The van der Waals surface area contributed by atoms with Crippen LogP contribution >= 0.6 is 0 Å². The topological polar surface area (TPSA) is 88.9 Å². The van der Waals surface area contributed by atoms with Crippen molar-refractivity contribution in [1.82, 2.24) is 14.9 Å². The van der Waals surface area contributed by atoms with Crippen LogP contribution < -0.4 is 19.7 Å². The van der Waals surface area contributed by atoms with Crippen LogP contribution in [-0.2, 0) is 7.05 Å². The van der Waals surface area contributed by atoms with Crippen molar-refractivity contribution in [3.05, 3.63) is 35.3 Å². The van der Waals surface area contributed by atoms with Gasteiger partial charge >= 0.3 is 0 Å². The standard InChI is InChI=1S/C18H20N4O4/c1-5-22-16-15(17(23)20-18(22)24)21(2)14(19-16)9-7-11-6-8-12(25-3)13(10-11)26-4/h6,8,10,18,24H,5H2,1-4H3,(H,20,23). The zero-order valence-electron chi connectivity index (χ0n) is 15.0. The third-order valence-electron chi connectivity index (χ3n) is 4.16. The lowest BCUT2D eigenvalue weighted by atomic mass is 10.2. The highest BCUT2D eigenvalue weighted by molar-refractivity contribution is 5.99. The molecule has 2 N–H and O–H groups in total. The molecule has 1 aromatic carbocycles. The molecule has 0 radical (unpaired) electrons.